The zero-order valence-electron chi connectivity index (χ0n) is 13.5. The molecule has 7 heteroatoms. The second kappa shape index (κ2) is 5.63. The molecule has 1 unspecified atom stereocenters. The number of aromatic nitrogens is 1. The lowest BCUT2D eigenvalue weighted by Crippen LogP contribution is -2.41. The van der Waals surface area contributed by atoms with Crippen molar-refractivity contribution >= 4 is 13.1 Å². The second-order valence-corrected chi connectivity index (χ2v) is 6.71. The third-order valence-corrected chi connectivity index (χ3v) is 4.46. The van der Waals surface area contributed by atoms with Crippen molar-refractivity contribution in [3.8, 4) is 0 Å². The Morgan fingerprint density at radius 3 is 2.36 bits per heavy atom. The highest BCUT2D eigenvalue weighted by molar-refractivity contribution is 6.48. The van der Waals surface area contributed by atoms with Crippen LogP contribution in [-0.4, -0.2) is 34.4 Å². The minimum Gasteiger partial charge on any atom is -0.481 e. The van der Waals surface area contributed by atoms with Crippen molar-refractivity contribution in [3.63, 3.8) is 0 Å². The molecule has 0 aliphatic carbocycles. The van der Waals surface area contributed by atoms with Gasteiger partial charge in [-0.25, -0.2) is 4.98 Å². The summed E-state index contributed by atoms with van der Waals surface area (Å²) in [6, 6.07) is 1.60. The average Bonchev–Trinajstić information content (AvgIpc) is 2.59. The molecule has 22 heavy (non-hydrogen) atoms. The van der Waals surface area contributed by atoms with E-state index in [0.717, 1.165) is 0 Å². The number of aryl methyl sites for hydroxylation is 1. The first-order chi connectivity index (χ1) is 10.0. The van der Waals surface area contributed by atoms with Gasteiger partial charge in [0.15, 0.2) is 0 Å². The largest absolute Gasteiger partial charge is 0.481 e. The van der Waals surface area contributed by atoms with E-state index < -0.39 is 36.1 Å². The molecule has 1 aliphatic rings. The number of rotatable bonds is 4. The Morgan fingerprint density at radius 1 is 1.36 bits per heavy atom. The molecule has 2 rings (SSSR count). The summed E-state index contributed by atoms with van der Waals surface area (Å²) in [5.74, 6) is -2.08. The SMILES string of the molecule is Cc1cc(C(CC(=O)O)B2OC(C)(C)C(C)(C)O2)cnc1F. The van der Waals surface area contributed by atoms with Crippen LogP contribution in [0.25, 0.3) is 0 Å². The van der Waals surface area contributed by atoms with E-state index >= 15 is 0 Å². The molecule has 0 saturated carbocycles. The first kappa shape index (κ1) is 16.9. The second-order valence-electron chi connectivity index (χ2n) is 6.71. The van der Waals surface area contributed by atoms with Crippen molar-refractivity contribution in [2.24, 2.45) is 0 Å². The maximum atomic E-state index is 13.4. The number of aliphatic carboxylic acids is 1. The number of carboxylic acids is 1. The summed E-state index contributed by atoms with van der Waals surface area (Å²) < 4.78 is 25.2. The average molecular weight is 309 g/mol. The van der Waals surface area contributed by atoms with E-state index in [1.807, 2.05) is 27.7 Å². The van der Waals surface area contributed by atoms with E-state index in [0.29, 0.717) is 11.1 Å². The van der Waals surface area contributed by atoms with Crippen LogP contribution in [0.5, 0.6) is 0 Å². The lowest BCUT2D eigenvalue weighted by atomic mass is 9.66. The van der Waals surface area contributed by atoms with Gasteiger partial charge in [-0.1, -0.05) is 6.07 Å². The van der Waals surface area contributed by atoms with Gasteiger partial charge in [0.05, 0.1) is 17.6 Å². The van der Waals surface area contributed by atoms with Gasteiger partial charge in [0.2, 0.25) is 5.95 Å². The topological polar surface area (TPSA) is 68.7 Å². The first-order valence-corrected chi connectivity index (χ1v) is 7.23. The summed E-state index contributed by atoms with van der Waals surface area (Å²) in [7, 11) is -0.715. The van der Waals surface area contributed by atoms with Crippen LogP contribution < -0.4 is 0 Å². The van der Waals surface area contributed by atoms with E-state index in [2.05, 4.69) is 4.98 Å². The van der Waals surface area contributed by atoms with E-state index in [4.69, 9.17) is 9.31 Å². The molecule has 0 aromatic carbocycles. The van der Waals surface area contributed by atoms with Crippen LogP contribution in [0, 0.1) is 12.9 Å². The van der Waals surface area contributed by atoms with Crippen molar-refractivity contribution in [1.29, 1.82) is 0 Å². The Morgan fingerprint density at radius 2 is 1.91 bits per heavy atom. The Balaban J connectivity index is 2.35. The maximum Gasteiger partial charge on any atom is 0.466 e. The van der Waals surface area contributed by atoms with Crippen LogP contribution in [-0.2, 0) is 14.1 Å². The van der Waals surface area contributed by atoms with Crippen molar-refractivity contribution < 1.29 is 23.6 Å². The summed E-state index contributed by atoms with van der Waals surface area (Å²) in [6.45, 7) is 9.20. The normalized spacial score (nSPS) is 20.9. The predicted octanol–water partition coefficient (Wildman–Crippen LogP) is 2.72. The van der Waals surface area contributed by atoms with Gasteiger partial charge in [-0.15, -0.1) is 0 Å². The molecular weight excluding hydrogens is 288 g/mol. The van der Waals surface area contributed by atoms with Crippen LogP contribution in [0.4, 0.5) is 4.39 Å². The maximum absolute atomic E-state index is 13.4. The monoisotopic (exact) mass is 309 g/mol. The summed E-state index contributed by atoms with van der Waals surface area (Å²) in [5.41, 5.74) is -0.155. The standard InChI is InChI=1S/C15H21BFNO4/c1-9-6-10(8-18-13(9)17)11(7-12(19)20)16-21-14(2,3)15(4,5)22-16/h6,8,11H,7H2,1-5H3,(H,19,20). The Kier molecular flexibility index (Phi) is 4.32. The molecule has 1 atom stereocenters. The number of hydrogen-bond acceptors (Lipinski definition) is 4. The molecule has 1 fully saturated rings. The third-order valence-electron chi connectivity index (χ3n) is 4.46. The van der Waals surface area contributed by atoms with E-state index in [1.54, 1.807) is 13.0 Å². The fourth-order valence-electron chi connectivity index (χ4n) is 2.39. The third kappa shape index (κ3) is 3.15. The van der Waals surface area contributed by atoms with Gasteiger partial charge in [0.1, 0.15) is 0 Å². The molecule has 0 bridgehead atoms. The van der Waals surface area contributed by atoms with Gasteiger partial charge in [-0.3, -0.25) is 4.79 Å². The molecule has 0 spiro atoms. The van der Waals surface area contributed by atoms with Gasteiger partial charge in [0.25, 0.3) is 0 Å². The van der Waals surface area contributed by atoms with Crippen LogP contribution in [0.1, 0.15) is 51.1 Å². The fourth-order valence-corrected chi connectivity index (χ4v) is 2.39. The number of nitrogens with zero attached hydrogens (tertiary/aromatic N) is 1. The fraction of sp³-hybridized carbons (Fsp3) is 0.600. The molecule has 1 aromatic rings. The van der Waals surface area contributed by atoms with E-state index in [9.17, 15) is 14.3 Å². The zero-order chi connectivity index (χ0) is 16.7. The highest BCUT2D eigenvalue weighted by Gasteiger charge is 2.54. The van der Waals surface area contributed by atoms with Gasteiger partial charge < -0.3 is 14.4 Å². The lowest BCUT2D eigenvalue weighted by Gasteiger charge is -2.32. The van der Waals surface area contributed by atoms with Crippen molar-refractivity contribution in [1.82, 2.24) is 4.98 Å². The number of carbonyl (C=O) groups is 1. The molecule has 1 saturated heterocycles. The Hall–Kier alpha value is -1.47. The molecule has 1 aromatic heterocycles. The summed E-state index contributed by atoms with van der Waals surface area (Å²) in [6.07, 6.45) is 1.17. The van der Waals surface area contributed by atoms with E-state index in [1.165, 1.54) is 6.20 Å². The van der Waals surface area contributed by atoms with Crippen molar-refractivity contribution in [2.45, 2.75) is 58.1 Å². The van der Waals surface area contributed by atoms with Crippen LogP contribution >= 0.6 is 0 Å². The van der Waals surface area contributed by atoms with Crippen LogP contribution in [0.3, 0.4) is 0 Å². The summed E-state index contributed by atoms with van der Waals surface area (Å²) >= 11 is 0. The Bertz CT molecular complexity index is 575. The number of pyridine rings is 1. The number of carboxylic acid groups (broad SMARTS) is 1. The highest BCUT2D eigenvalue weighted by atomic mass is 19.1. The van der Waals surface area contributed by atoms with Crippen LogP contribution in [0.15, 0.2) is 12.3 Å². The smallest absolute Gasteiger partial charge is 0.466 e. The van der Waals surface area contributed by atoms with Gasteiger partial charge in [0, 0.05) is 17.6 Å². The predicted molar refractivity (Wildman–Crippen MR) is 80.0 cm³/mol. The minimum atomic E-state index is -0.971. The van der Waals surface area contributed by atoms with E-state index in [-0.39, 0.29) is 6.42 Å². The number of hydrogen-bond donors (Lipinski definition) is 1. The van der Waals surface area contributed by atoms with Crippen LogP contribution in [0.2, 0.25) is 0 Å². The van der Waals surface area contributed by atoms with Gasteiger partial charge in [-0.05, 0) is 40.2 Å². The summed E-state index contributed by atoms with van der Waals surface area (Å²) in [5, 5.41) is 9.18. The molecule has 5 nitrogen and oxygen atoms in total. The molecule has 2 heterocycles. The molecule has 1 N–H and O–H groups in total. The quantitative estimate of drug-likeness (QED) is 0.684. The van der Waals surface area contributed by atoms with Gasteiger partial charge >= 0.3 is 13.1 Å². The first-order valence-electron chi connectivity index (χ1n) is 7.23. The molecule has 120 valence electrons. The van der Waals surface area contributed by atoms with Gasteiger partial charge in [-0.2, -0.15) is 4.39 Å². The molecular formula is C15H21BFNO4. The van der Waals surface area contributed by atoms with Crippen molar-refractivity contribution in [2.75, 3.05) is 0 Å². The zero-order valence-corrected chi connectivity index (χ0v) is 13.5. The number of halogens is 1. The Labute approximate surface area is 130 Å². The van der Waals surface area contributed by atoms with Crippen molar-refractivity contribution in [3.05, 3.63) is 29.3 Å². The molecule has 0 radical (unpaired) electrons. The lowest BCUT2D eigenvalue weighted by molar-refractivity contribution is -0.137. The minimum absolute atomic E-state index is 0.177. The highest BCUT2D eigenvalue weighted by Crippen LogP contribution is 2.41. The summed E-state index contributed by atoms with van der Waals surface area (Å²) in [4.78, 5) is 14.9. The molecule has 1 aliphatic heterocycles. The molecule has 0 amide bonds.